The van der Waals surface area contributed by atoms with Gasteiger partial charge < -0.3 is 15.4 Å². The highest BCUT2D eigenvalue weighted by Gasteiger charge is 2.42. The molecular formula is C21H24F3N3O4. The summed E-state index contributed by atoms with van der Waals surface area (Å²) in [6, 6.07) is 10.9. The number of nitrogen functional groups attached to an aromatic ring is 1. The van der Waals surface area contributed by atoms with Gasteiger partial charge in [-0.05, 0) is 22.6 Å². The molecule has 0 bridgehead atoms. The van der Waals surface area contributed by atoms with Gasteiger partial charge in [-0.1, -0.05) is 51.1 Å². The van der Waals surface area contributed by atoms with Crippen molar-refractivity contribution in [3.63, 3.8) is 0 Å². The van der Waals surface area contributed by atoms with Crippen LogP contribution in [0, 0.1) is 10.1 Å². The topological polar surface area (TPSA) is 98.7 Å². The van der Waals surface area contributed by atoms with Gasteiger partial charge in [-0.3, -0.25) is 14.9 Å². The standard InChI is InChI=1S/C21H24F3N3O4/c1-20(2,3)15-9-7-14(8-10-15)13-26(19(28)21(22,23)24)11-12-31-17-6-4-5-16(18(17)25)27(29)30/h4-10H,11-13,25H2,1-3H3. The molecule has 0 saturated carbocycles. The van der Waals surface area contributed by atoms with Crippen LogP contribution in [0.5, 0.6) is 5.75 Å². The predicted octanol–water partition coefficient (Wildman–Crippen LogP) is 4.44. The van der Waals surface area contributed by atoms with Crippen LogP contribution in [0.1, 0.15) is 31.9 Å². The number of benzene rings is 2. The molecule has 2 aromatic rings. The minimum Gasteiger partial charge on any atom is -0.489 e. The van der Waals surface area contributed by atoms with E-state index in [1.807, 2.05) is 32.9 Å². The van der Waals surface area contributed by atoms with Crippen molar-refractivity contribution in [3.05, 3.63) is 63.7 Å². The maximum absolute atomic E-state index is 13.1. The molecule has 0 aromatic heterocycles. The normalized spacial score (nSPS) is 11.8. The third-order valence-corrected chi connectivity index (χ3v) is 4.58. The van der Waals surface area contributed by atoms with E-state index >= 15 is 0 Å². The number of hydrogen-bond donors (Lipinski definition) is 1. The number of halogens is 3. The van der Waals surface area contributed by atoms with Gasteiger partial charge >= 0.3 is 12.1 Å². The molecule has 0 spiro atoms. The maximum Gasteiger partial charge on any atom is 0.471 e. The first-order chi connectivity index (χ1) is 14.3. The Hall–Kier alpha value is -3.30. The van der Waals surface area contributed by atoms with Gasteiger partial charge in [0.15, 0.2) is 5.69 Å². The SMILES string of the molecule is CC(C)(C)c1ccc(CN(CCOc2cccc([N+](=O)[O-])c2N)C(=O)C(F)(F)F)cc1. The zero-order chi connectivity index (χ0) is 23.4. The maximum atomic E-state index is 13.1. The van der Waals surface area contributed by atoms with E-state index in [1.165, 1.54) is 18.2 Å². The lowest BCUT2D eigenvalue weighted by molar-refractivity contribution is -0.384. The highest BCUT2D eigenvalue weighted by atomic mass is 19.4. The Bertz CT molecular complexity index is 938. The zero-order valence-electron chi connectivity index (χ0n) is 17.4. The number of nitro benzene ring substituents is 1. The second kappa shape index (κ2) is 9.23. The number of hydrogen-bond acceptors (Lipinski definition) is 5. The van der Waals surface area contributed by atoms with Gasteiger partial charge in [0, 0.05) is 12.6 Å². The Kier molecular flexibility index (Phi) is 7.14. The molecular weight excluding hydrogens is 415 g/mol. The van der Waals surface area contributed by atoms with E-state index in [2.05, 4.69) is 0 Å². The van der Waals surface area contributed by atoms with Gasteiger partial charge in [-0.25, -0.2) is 0 Å². The Morgan fingerprint density at radius 1 is 1.13 bits per heavy atom. The van der Waals surface area contributed by atoms with Crippen LogP contribution < -0.4 is 10.5 Å². The number of nitro groups is 1. The summed E-state index contributed by atoms with van der Waals surface area (Å²) >= 11 is 0. The van der Waals surface area contributed by atoms with E-state index in [-0.39, 0.29) is 42.2 Å². The van der Waals surface area contributed by atoms with Crippen LogP contribution in [0.3, 0.4) is 0 Å². The van der Waals surface area contributed by atoms with Gasteiger partial charge in [0.2, 0.25) is 0 Å². The summed E-state index contributed by atoms with van der Waals surface area (Å²) in [6.07, 6.45) is -5.05. The largest absolute Gasteiger partial charge is 0.489 e. The Morgan fingerprint density at radius 3 is 2.26 bits per heavy atom. The van der Waals surface area contributed by atoms with E-state index in [0.29, 0.717) is 10.5 Å². The van der Waals surface area contributed by atoms with Gasteiger partial charge in [0.05, 0.1) is 11.5 Å². The molecule has 0 aliphatic rings. The predicted molar refractivity (Wildman–Crippen MR) is 110 cm³/mol. The Balaban J connectivity index is 2.14. The minimum atomic E-state index is -5.05. The van der Waals surface area contributed by atoms with E-state index in [0.717, 1.165) is 5.56 Å². The summed E-state index contributed by atoms with van der Waals surface area (Å²) in [4.78, 5) is 22.7. The number of nitrogens with two attached hydrogens (primary N) is 1. The lowest BCUT2D eigenvalue weighted by atomic mass is 9.87. The van der Waals surface area contributed by atoms with Gasteiger partial charge in [0.25, 0.3) is 5.69 Å². The fraction of sp³-hybridized carbons (Fsp3) is 0.381. The average molecular weight is 439 g/mol. The number of nitrogens with zero attached hydrogens (tertiary/aromatic N) is 2. The number of ether oxygens (including phenoxy) is 1. The smallest absolute Gasteiger partial charge is 0.471 e. The van der Waals surface area contributed by atoms with Crippen molar-refractivity contribution in [1.29, 1.82) is 0 Å². The fourth-order valence-electron chi connectivity index (χ4n) is 2.85. The monoisotopic (exact) mass is 439 g/mol. The van der Waals surface area contributed by atoms with Crippen LogP contribution in [0.15, 0.2) is 42.5 Å². The van der Waals surface area contributed by atoms with Crippen molar-refractivity contribution in [2.45, 2.75) is 38.9 Å². The Morgan fingerprint density at radius 2 is 1.74 bits per heavy atom. The molecule has 0 radical (unpaired) electrons. The molecule has 1 amide bonds. The summed E-state index contributed by atoms with van der Waals surface area (Å²) < 4.78 is 44.5. The van der Waals surface area contributed by atoms with Gasteiger partial charge in [-0.2, -0.15) is 13.2 Å². The third kappa shape index (κ3) is 6.34. The number of amides is 1. The first-order valence-corrected chi connectivity index (χ1v) is 9.42. The van der Waals surface area contributed by atoms with Crippen LogP contribution >= 0.6 is 0 Å². The molecule has 0 unspecified atom stereocenters. The lowest BCUT2D eigenvalue weighted by Crippen LogP contribution is -2.42. The molecule has 168 valence electrons. The van der Waals surface area contributed by atoms with Crippen LogP contribution in [0.2, 0.25) is 0 Å². The number of para-hydroxylation sites is 1. The molecule has 10 heteroatoms. The molecule has 0 heterocycles. The zero-order valence-corrected chi connectivity index (χ0v) is 17.4. The van der Waals surface area contributed by atoms with E-state index in [1.54, 1.807) is 12.1 Å². The molecule has 0 atom stereocenters. The minimum absolute atomic E-state index is 0.0388. The number of alkyl halides is 3. The second-order valence-corrected chi connectivity index (χ2v) is 7.97. The first kappa shape index (κ1) is 24.0. The fourth-order valence-corrected chi connectivity index (χ4v) is 2.85. The third-order valence-electron chi connectivity index (χ3n) is 4.58. The number of carbonyl (C=O) groups excluding carboxylic acids is 1. The number of anilines is 1. The van der Waals surface area contributed by atoms with Crippen molar-refractivity contribution in [1.82, 2.24) is 4.90 Å². The molecule has 0 fully saturated rings. The highest BCUT2D eigenvalue weighted by molar-refractivity contribution is 5.81. The van der Waals surface area contributed by atoms with E-state index in [9.17, 15) is 28.1 Å². The lowest BCUT2D eigenvalue weighted by Gasteiger charge is -2.25. The summed E-state index contributed by atoms with van der Waals surface area (Å²) in [5, 5.41) is 10.9. The van der Waals surface area contributed by atoms with Crippen LogP contribution in [-0.4, -0.2) is 35.1 Å². The Labute approximate surface area is 177 Å². The van der Waals surface area contributed by atoms with Crippen molar-refractivity contribution >= 4 is 17.3 Å². The summed E-state index contributed by atoms with van der Waals surface area (Å²) in [7, 11) is 0. The first-order valence-electron chi connectivity index (χ1n) is 9.42. The quantitative estimate of drug-likeness (QED) is 0.391. The second-order valence-electron chi connectivity index (χ2n) is 7.97. The molecule has 2 rings (SSSR count). The number of carbonyl (C=O) groups is 1. The van der Waals surface area contributed by atoms with Crippen molar-refractivity contribution in [2.24, 2.45) is 0 Å². The van der Waals surface area contributed by atoms with Crippen LogP contribution in [0.25, 0.3) is 0 Å². The van der Waals surface area contributed by atoms with E-state index in [4.69, 9.17) is 10.5 Å². The summed E-state index contributed by atoms with van der Waals surface area (Å²) in [5.41, 5.74) is 6.48. The van der Waals surface area contributed by atoms with Crippen LogP contribution in [0.4, 0.5) is 24.5 Å². The average Bonchev–Trinajstić information content (AvgIpc) is 2.66. The van der Waals surface area contributed by atoms with Crippen LogP contribution in [-0.2, 0) is 16.8 Å². The molecule has 0 saturated heterocycles. The van der Waals surface area contributed by atoms with Gasteiger partial charge in [0.1, 0.15) is 12.4 Å². The molecule has 31 heavy (non-hydrogen) atoms. The molecule has 2 aromatic carbocycles. The molecule has 2 N–H and O–H groups in total. The molecule has 0 aliphatic carbocycles. The summed E-state index contributed by atoms with van der Waals surface area (Å²) in [6.45, 7) is 5.06. The molecule has 7 nitrogen and oxygen atoms in total. The number of rotatable bonds is 7. The van der Waals surface area contributed by atoms with Crippen molar-refractivity contribution in [3.8, 4) is 5.75 Å². The highest BCUT2D eigenvalue weighted by Crippen LogP contribution is 2.31. The summed E-state index contributed by atoms with van der Waals surface area (Å²) in [5.74, 6) is -2.04. The molecule has 0 aliphatic heterocycles. The van der Waals surface area contributed by atoms with E-state index < -0.39 is 17.0 Å². The van der Waals surface area contributed by atoms with Crippen molar-refractivity contribution < 1.29 is 27.6 Å². The van der Waals surface area contributed by atoms with Gasteiger partial charge in [-0.15, -0.1) is 0 Å². The van der Waals surface area contributed by atoms with Crippen molar-refractivity contribution in [2.75, 3.05) is 18.9 Å².